The summed E-state index contributed by atoms with van der Waals surface area (Å²) < 4.78 is 0.768. The number of aromatic nitrogens is 1. The largest absolute Gasteiger partial charge is 0.337 e. The number of hydrogen-bond acceptors (Lipinski definition) is 2. The Morgan fingerprint density at radius 3 is 2.81 bits per heavy atom. The van der Waals surface area contributed by atoms with Crippen LogP contribution in [0.1, 0.15) is 36.2 Å². The van der Waals surface area contributed by atoms with Gasteiger partial charge >= 0.3 is 0 Å². The predicted molar refractivity (Wildman–Crippen MR) is 66.3 cm³/mol. The van der Waals surface area contributed by atoms with Crippen LogP contribution in [0.15, 0.2) is 22.8 Å². The molecule has 0 aromatic carbocycles. The molecular formula is C12H15BrN2O. The molecule has 0 bridgehead atoms. The Labute approximate surface area is 104 Å². The number of carbonyl (C=O) groups is 1. The van der Waals surface area contributed by atoms with E-state index in [4.69, 9.17) is 0 Å². The Kier molecular flexibility index (Phi) is 3.59. The molecule has 1 aromatic rings. The molecular weight excluding hydrogens is 268 g/mol. The summed E-state index contributed by atoms with van der Waals surface area (Å²) in [6.07, 6.45) is 6.34. The fraction of sp³-hybridized carbons (Fsp3) is 0.500. The van der Waals surface area contributed by atoms with Crippen LogP contribution < -0.4 is 0 Å². The minimum absolute atomic E-state index is 0.0133. The Hall–Kier alpha value is -0.900. The molecule has 0 radical (unpaired) electrons. The molecule has 16 heavy (non-hydrogen) atoms. The second-order valence-corrected chi connectivity index (χ2v) is 5.04. The summed E-state index contributed by atoms with van der Waals surface area (Å²) in [7, 11) is 1.87. The number of carbonyl (C=O) groups excluding carboxylic acids is 1. The third kappa shape index (κ3) is 2.26. The molecule has 1 saturated carbocycles. The Balaban J connectivity index is 2.15. The summed E-state index contributed by atoms with van der Waals surface area (Å²) in [6, 6.07) is 4.06. The van der Waals surface area contributed by atoms with Crippen LogP contribution in [0.4, 0.5) is 0 Å². The quantitative estimate of drug-likeness (QED) is 0.836. The fourth-order valence-electron chi connectivity index (χ4n) is 2.17. The van der Waals surface area contributed by atoms with Crippen molar-refractivity contribution in [2.24, 2.45) is 0 Å². The molecule has 1 amide bonds. The van der Waals surface area contributed by atoms with E-state index in [2.05, 4.69) is 20.9 Å². The second-order valence-electron chi connectivity index (χ2n) is 4.19. The molecule has 2 rings (SSSR count). The van der Waals surface area contributed by atoms with Gasteiger partial charge < -0.3 is 4.90 Å². The lowest BCUT2D eigenvalue weighted by molar-refractivity contribution is 0.0728. The van der Waals surface area contributed by atoms with Crippen molar-refractivity contribution in [1.82, 2.24) is 9.88 Å². The lowest BCUT2D eigenvalue weighted by Gasteiger charge is -2.24. The molecule has 1 aliphatic carbocycles. The van der Waals surface area contributed by atoms with Crippen molar-refractivity contribution in [3.8, 4) is 0 Å². The van der Waals surface area contributed by atoms with E-state index in [9.17, 15) is 4.79 Å². The van der Waals surface area contributed by atoms with E-state index in [0.717, 1.165) is 17.3 Å². The fourth-order valence-corrected chi connectivity index (χ4v) is 2.59. The van der Waals surface area contributed by atoms with Crippen LogP contribution >= 0.6 is 15.9 Å². The summed E-state index contributed by atoms with van der Waals surface area (Å²) in [6.45, 7) is 0. The Morgan fingerprint density at radius 2 is 2.19 bits per heavy atom. The normalized spacial score (nSPS) is 16.4. The number of nitrogens with zero attached hydrogens (tertiary/aromatic N) is 2. The van der Waals surface area contributed by atoms with E-state index in [-0.39, 0.29) is 5.91 Å². The summed E-state index contributed by atoms with van der Waals surface area (Å²) in [5, 5.41) is 0. The highest BCUT2D eigenvalue weighted by Gasteiger charge is 2.25. The molecule has 0 spiro atoms. The van der Waals surface area contributed by atoms with Gasteiger partial charge in [0.15, 0.2) is 0 Å². The van der Waals surface area contributed by atoms with Crippen LogP contribution in [0.3, 0.4) is 0 Å². The van der Waals surface area contributed by atoms with E-state index < -0.39 is 0 Å². The van der Waals surface area contributed by atoms with Crippen LogP contribution in [-0.2, 0) is 0 Å². The number of halogens is 1. The van der Waals surface area contributed by atoms with Crippen LogP contribution in [0, 0.1) is 0 Å². The van der Waals surface area contributed by atoms with E-state index in [1.54, 1.807) is 6.20 Å². The highest BCUT2D eigenvalue weighted by atomic mass is 79.9. The highest BCUT2D eigenvalue weighted by Crippen LogP contribution is 2.24. The van der Waals surface area contributed by atoms with Gasteiger partial charge in [-0.1, -0.05) is 12.8 Å². The van der Waals surface area contributed by atoms with Gasteiger partial charge in [-0.05, 0) is 40.9 Å². The van der Waals surface area contributed by atoms with Gasteiger partial charge in [0.25, 0.3) is 5.91 Å². The van der Waals surface area contributed by atoms with E-state index >= 15 is 0 Å². The van der Waals surface area contributed by atoms with Crippen molar-refractivity contribution < 1.29 is 4.79 Å². The third-order valence-electron chi connectivity index (χ3n) is 3.15. The van der Waals surface area contributed by atoms with Crippen molar-refractivity contribution >= 4 is 21.8 Å². The van der Waals surface area contributed by atoms with Crippen molar-refractivity contribution in [3.05, 3.63) is 28.5 Å². The minimum Gasteiger partial charge on any atom is -0.337 e. The van der Waals surface area contributed by atoms with Crippen molar-refractivity contribution in [2.75, 3.05) is 7.05 Å². The SMILES string of the molecule is CN(C(=O)c1ncccc1Br)C1CCCC1. The lowest BCUT2D eigenvalue weighted by Crippen LogP contribution is -2.35. The van der Waals surface area contributed by atoms with Crippen LogP contribution in [0.2, 0.25) is 0 Å². The number of hydrogen-bond donors (Lipinski definition) is 0. The topological polar surface area (TPSA) is 33.2 Å². The average Bonchev–Trinajstić information content (AvgIpc) is 2.81. The molecule has 0 atom stereocenters. The van der Waals surface area contributed by atoms with E-state index in [0.29, 0.717) is 11.7 Å². The minimum atomic E-state index is 0.0133. The second kappa shape index (κ2) is 4.95. The maximum atomic E-state index is 12.2. The standard InChI is InChI=1S/C12H15BrN2O/c1-15(9-5-2-3-6-9)12(16)11-10(13)7-4-8-14-11/h4,7-9H,2-3,5-6H2,1H3. The average molecular weight is 283 g/mol. The summed E-state index contributed by atoms with van der Waals surface area (Å²) in [5.41, 5.74) is 0.511. The first-order valence-corrected chi connectivity index (χ1v) is 6.37. The molecule has 3 nitrogen and oxygen atoms in total. The van der Waals surface area contributed by atoms with Gasteiger partial charge in [0.1, 0.15) is 5.69 Å². The van der Waals surface area contributed by atoms with E-state index in [1.807, 2.05) is 24.1 Å². The Morgan fingerprint density at radius 1 is 1.50 bits per heavy atom. The molecule has 86 valence electrons. The van der Waals surface area contributed by atoms with Crippen molar-refractivity contribution in [3.63, 3.8) is 0 Å². The summed E-state index contributed by atoms with van der Waals surface area (Å²) in [5.74, 6) is 0.0133. The van der Waals surface area contributed by atoms with Gasteiger partial charge in [0.2, 0.25) is 0 Å². The number of amides is 1. The molecule has 1 fully saturated rings. The van der Waals surface area contributed by atoms with Gasteiger partial charge in [0, 0.05) is 23.8 Å². The number of rotatable bonds is 2. The maximum absolute atomic E-state index is 12.2. The maximum Gasteiger partial charge on any atom is 0.273 e. The monoisotopic (exact) mass is 282 g/mol. The summed E-state index contributed by atoms with van der Waals surface area (Å²) >= 11 is 3.36. The first-order valence-electron chi connectivity index (χ1n) is 5.58. The zero-order chi connectivity index (χ0) is 11.5. The van der Waals surface area contributed by atoms with Gasteiger partial charge in [-0.3, -0.25) is 4.79 Å². The molecule has 0 aliphatic heterocycles. The number of pyridine rings is 1. The van der Waals surface area contributed by atoms with Gasteiger partial charge in [-0.15, -0.1) is 0 Å². The first kappa shape index (κ1) is 11.6. The smallest absolute Gasteiger partial charge is 0.273 e. The lowest BCUT2D eigenvalue weighted by atomic mass is 10.2. The van der Waals surface area contributed by atoms with Crippen molar-refractivity contribution in [2.45, 2.75) is 31.7 Å². The molecule has 0 unspecified atom stereocenters. The van der Waals surface area contributed by atoms with Gasteiger partial charge in [-0.25, -0.2) is 4.98 Å². The molecule has 4 heteroatoms. The molecule has 1 heterocycles. The van der Waals surface area contributed by atoms with Crippen LogP contribution in [-0.4, -0.2) is 28.9 Å². The van der Waals surface area contributed by atoms with Crippen LogP contribution in [0.5, 0.6) is 0 Å². The Bertz CT molecular complexity index is 388. The van der Waals surface area contributed by atoms with E-state index in [1.165, 1.54) is 12.8 Å². The molecule has 0 saturated heterocycles. The van der Waals surface area contributed by atoms with Crippen LogP contribution in [0.25, 0.3) is 0 Å². The summed E-state index contributed by atoms with van der Waals surface area (Å²) in [4.78, 5) is 18.2. The molecule has 1 aromatic heterocycles. The molecule has 0 N–H and O–H groups in total. The first-order chi connectivity index (χ1) is 7.70. The highest BCUT2D eigenvalue weighted by molar-refractivity contribution is 9.10. The van der Waals surface area contributed by atoms with Crippen molar-refractivity contribution in [1.29, 1.82) is 0 Å². The molecule has 1 aliphatic rings. The third-order valence-corrected chi connectivity index (χ3v) is 3.79. The zero-order valence-electron chi connectivity index (χ0n) is 9.32. The zero-order valence-corrected chi connectivity index (χ0v) is 10.9. The predicted octanol–water partition coefficient (Wildman–Crippen LogP) is 2.86. The van der Waals surface area contributed by atoms with Gasteiger partial charge in [0.05, 0.1) is 0 Å². The van der Waals surface area contributed by atoms with Gasteiger partial charge in [-0.2, -0.15) is 0 Å².